The first-order chi connectivity index (χ1) is 13.7. The number of nitrogens with one attached hydrogen (secondary N) is 1. The molecule has 1 atom stereocenters. The molecule has 0 aromatic heterocycles. The maximum Gasteiger partial charge on any atom is 0.273 e. The van der Waals surface area contributed by atoms with Crippen LogP contribution in [-0.2, 0) is 4.79 Å². The van der Waals surface area contributed by atoms with Gasteiger partial charge >= 0.3 is 0 Å². The van der Waals surface area contributed by atoms with Crippen molar-refractivity contribution in [1.82, 2.24) is 5.32 Å². The van der Waals surface area contributed by atoms with E-state index in [0.29, 0.717) is 0 Å². The van der Waals surface area contributed by atoms with Crippen LogP contribution in [0.3, 0.4) is 0 Å². The summed E-state index contributed by atoms with van der Waals surface area (Å²) < 4.78 is 0. The summed E-state index contributed by atoms with van der Waals surface area (Å²) in [5, 5.41) is 6.48. The molecule has 3 aromatic rings. The van der Waals surface area contributed by atoms with Crippen molar-refractivity contribution in [3.8, 4) is 12.3 Å². The van der Waals surface area contributed by atoms with Gasteiger partial charge in [-0.2, -0.15) is 0 Å². The van der Waals surface area contributed by atoms with E-state index in [1.165, 1.54) is 15.9 Å². The van der Waals surface area contributed by atoms with E-state index in [1.54, 1.807) is 11.8 Å². The Balaban J connectivity index is 2.34. The predicted octanol–water partition coefficient (Wildman–Crippen LogP) is 3.42. The zero-order chi connectivity index (χ0) is 19.8. The van der Waals surface area contributed by atoms with Gasteiger partial charge in [0.25, 0.3) is 5.91 Å². The molecule has 140 valence electrons. The normalized spacial score (nSPS) is 12.0. The van der Waals surface area contributed by atoms with Crippen LogP contribution in [0, 0.1) is 12.3 Å². The highest BCUT2D eigenvalue weighted by atomic mass is 32.2. The van der Waals surface area contributed by atoms with Crippen LogP contribution in [0.15, 0.2) is 91.0 Å². The third-order valence-electron chi connectivity index (χ3n) is 4.65. The monoisotopic (exact) mass is 404 g/mol. The molecule has 3 aromatic carbocycles. The average Bonchev–Trinajstić information content (AvgIpc) is 2.77. The lowest BCUT2D eigenvalue weighted by Gasteiger charge is -2.32. The molecule has 1 unspecified atom stereocenters. The van der Waals surface area contributed by atoms with Crippen molar-refractivity contribution in [2.24, 2.45) is 0 Å². The average molecular weight is 404 g/mol. The molecule has 28 heavy (non-hydrogen) atoms. The van der Waals surface area contributed by atoms with Crippen LogP contribution >= 0.6 is 19.0 Å². The molecule has 0 aliphatic heterocycles. The topological polar surface area (TPSA) is 29.1 Å². The molecule has 0 fully saturated rings. The zero-order valence-corrected chi connectivity index (χ0v) is 17.5. The van der Waals surface area contributed by atoms with Crippen LogP contribution in [-0.4, -0.2) is 23.7 Å². The Labute approximate surface area is 172 Å². The van der Waals surface area contributed by atoms with Crippen LogP contribution in [0.4, 0.5) is 0 Å². The molecule has 1 amide bonds. The third kappa shape index (κ3) is 3.85. The van der Waals surface area contributed by atoms with Crippen LogP contribution < -0.4 is 21.2 Å². The number of rotatable bonds is 7. The number of hydrogen-bond acceptors (Lipinski definition) is 2. The molecule has 0 aliphatic carbocycles. The smallest absolute Gasteiger partial charge is 0.273 e. The molecule has 0 spiro atoms. The van der Waals surface area contributed by atoms with Crippen molar-refractivity contribution < 1.29 is 4.79 Å². The number of hydrogen-bond donors (Lipinski definition) is 1. The molecule has 0 saturated carbocycles. The van der Waals surface area contributed by atoms with Crippen LogP contribution in [0.2, 0.25) is 0 Å². The minimum Gasteiger partial charge on any atom is -0.341 e. The maximum absolute atomic E-state index is 13.3. The molecule has 3 rings (SSSR count). The van der Waals surface area contributed by atoms with Gasteiger partial charge in [-0.25, -0.2) is 0 Å². The Morgan fingerprint density at radius 3 is 1.61 bits per heavy atom. The maximum atomic E-state index is 13.3. The minimum atomic E-state index is -2.28. The lowest BCUT2D eigenvalue weighted by Crippen LogP contribution is -2.45. The van der Waals surface area contributed by atoms with Gasteiger partial charge in [0.05, 0.1) is 6.54 Å². The van der Waals surface area contributed by atoms with Crippen molar-refractivity contribution in [2.45, 2.75) is 4.99 Å². The summed E-state index contributed by atoms with van der Waals surface area (Å²) in [4.78, 5) is 13.0. The van der Waals surface area contributed by atoms with Gasteiger partial charge in [0.15, 0.2) is 0 Å². The molecule has 0 heterocycles. The fourth-order valence-corrected chi connectivity index (χ4v) is 10.2. The number of carbonyl (C=O) groups excluding carboxylic acids is 1. The Hall–Kier alpha value is -2.53. The summed E-state index contributed by atoms with van der Waals surface area (Å²) in [6, 6.07) is 31.2. The van der Waals surface area contributed by atoms with E-state index in [9.17, 15) is 4.79 Å². The second-order valence-electron chi connectivity index (χ2n) is 6.24. The molecular weight excluding hydrogens is 381 g/mol. The van der Waals surface area contributed by atoms with Crippen LogP contribution in [0.1, 0.15) is 0 Å². The van der Waals surface area contributed by atoms with Gasteiger partial charge in [0.1, 0.15) is 23.2 Å². The zero-order valence-electron chi connectivity index (χ0n) is 15.8. The Morgan fingerprint density at radius 1 is 0.893 bits per heavy atom. The van der Waals surface area contributed by atoms with Crippen molar-refractivity contribution in [1.29, 1.82) is 0 Å². The highest BCUT2D eigenvalue weighted by Gasteiger charge is 2.55. The van der Waals surface area contributed by atoms with Crippen molar-refractivity contribution >= 4 is 40.8 Å². The van der Waals surface area contributed by atoms with Gasteiger partial charge in [0.2, 0.25) is 4.99 Å². The Kier molecular flexibility index (Phi) is 6.93. The van der Waals surface area contributed by atoms with Crippen LogP contribution in [0.5, 0.6) is 0 Å². The largest absolute Gasteiger partial charge is 0.341 e. The standard InChI is InChI=1S/C24H22NOPS/c1-3-19-25-23(26)24(28-2)27(20-13-7-4-8-14-20,21-15-9-5-10-16-21)22-17-11-6-12-18-22/h1,4-18,24H,19H2,2H3/p+1. The van der Waals surface area contributed by atoms with Gasteiger partial charge in [-0.1, -0.05) is 60.5 Å². The predicted molar refractivity (Wildman–Crippen MR) is 124 cm³/mol. The first kappa shape index (κ1) is 20.2. The first-order valence-electron chi connectivity index (χ1n) is 9.04. The summed E-state index contributed by atoms with van der Waals surface area (Å²) in [5.41, 5.74) is 0. The molecule has 0 bridgehead atoms. The third-order valence-corrected chi connectivity index (χ3v) is 11.2. The van der Waals surface area contributed by atoms with Crippen molar-refractivity contribution in [3.05, 3.63) is 91.0 Å². The van der Waals surface area contributed by atoms with Gasteiger partial charge in [-0.3, -0.25) is 4.79 Å². The summed E-state index contributed by atoms with van der Waals surface area (Å²) >= 11 is 1.59. The van der Waals surface area contributed by atoms with Crippen molar-refractivity contribution in [2.75, 3.05) is 12.8 Å². The summed E-state index contributed by atoms with van der Waals surface area (Å²) in [5.74, 6) is 2.50. The number of amides is 1. The molecule has 4 heteroatoms. The van der Waals surface area contributed by atoms with E-state index in [4.69, 9.17) is 6.42 Å². The lowest BCUT2D eigenvalue weighted by molar-refractivity contribution is -0.119. The van der Waals surface area contributed by atoms with E-state index in [2.05, 4.69) is 47.6 Å². The minimum absolute atomic E-state index is 0.0182. The second kappa shape index (κ2) is 9.60. The number of benzene rings is 3. The fourth-order valence-electron chi connectivity index (χ4n) is 3.51. The Morgan fingerprint density at radius 2 is 1.29 bits per heavy atom. The molecular formula is C24H23NOPS+. The van der Waals surface area contributed by atoms with Crippen molar-refractivity contribution in [3.63, 3.8) is 0 Å². The molecule has 1 N–H and O–H groups in total. The summed E-state index contributed by atoms with van der Waals surface area (Å²) in [6.45, 7) is 0.230. The van der Waals surface area contributed by atoms with Crippen LogP contribution in [0.25, 0.3) is 0 Å². The number of carbonyl (C=O) groups is 1. The highest BCUT2D eigenvalue weighted by molar-refractivity contribution is 8.14. The van der Waals surface area contributed by atoms with E-state index in [-0.39, 0.29) is 17.4 Å². The molecule has 0 aliphatic rings. The highest BCUT2D eigenvalue weighted by Crippen LogP contribution is 2.62. The number of terminal acetylenes is 1. The summed E-state index contributed by atoms with van der Waals surface area (Å²) in [6.07, 6.45) is 7.40. The first-order valence-corrected chi connectivity index (χ1v) is 12.2. The quantitative estimate of drug-likeness (QED) is 0.483. The Bertz CT molecular complexity index is 842. The fraction of sp³-hybridized carbons (Fsp3) is 0.125. The molecule has 0 radical (unpaired) electrons. The van der Waals surface area contributed by atoms with Gasteiger partial charge in [0, 0.05) is 0 Å². The molecule has 2 nitrogen and oxygen atoms in total. The van der Waals surface area contributed by atoms with E-state index < -0.39 is 7.26 Å². The van der Waals surface area contributed by atoms with Gasteiger partial charge < -0.3 is 5.32 Å². The van der Waals surface area contributed by atoms with Gasteiger partial charge in [-0.05, 0) is 42.7 Å². The molecule has 0 saturated heterocycles. The second-order valence-corrected chi connectivity index (χ2v) is 11.0. The van der Waals surface area contributed by atoms with E-state index >= 15 is 0 Å². The number of thioether (sulfide) groups is 1. The van der Waals surface area contributed by atoms with Gasteiger partial charge in [-0.15, -0.1) is 18.2 Å². The van der Waals surface area contributed by atoms with E-state index in [0.717, 1.165) is 0 Å². The summed E-state index contributed by atoms with van der Waals surface area (Å²) in [7, 11) is -2.28. The van der Waals surface area contributed by atoms with E-state index in [1.807, 2.05) is 60.9 Å². The lowest BCUT2D eigenvalue weighted by atomic mass is 10.4. The SMILES string of the molecule is C#CCNC(=O)C(SC)[P+](c1ccccc1)(c1ccccc1)c1ccccc1.